The van der Waals surface area contributed by atoms with Gasteiger partial charge in [0.1, 0.15) is 5.82 Å². The van der Waals surface area contributed by atoms with Gasteiger partial charge in [0.15, 0.2) is 0 Å². The van der Waals surface area contributed by atoms with Crippen LogP contribution in [0.5, 0.6) is 0 Å². The molecule has 1 fully saturated rings. The van der Waals surface area contributed by atoms with Crippen LogP contribution in [0.3, 0.4) is 0 Å². The maximum absolute atomic E-state index is 9.28. The predicted molar refractivity (Wildman–Crippen MR) is 84.5 cm³/mol. The summed E-state index contributed by atoms with van der Waals surface area (Å²) in [6.07, 6.45) is 1.90. The van der Waals surface area contributed by atoms with Gasteiger partial charge in [0.05, 0.1) is 18.8 Å². The van der Waals surface area contributed by atoms with Crippen LogP contribution in [-0.4, -0.2) is 47.5 Å². The Balaban J connectivity index is 1.98. The molecule has 0 spiro atoms. The molecule has 0 saturated carbocycles. The Morgan fingerprint density at radius 2 is 2.14 bits per heavy atom. The molecule has 0 bridgehead atoms. The van der Waals surface area contributed by atoms with Crippen molar-refractivity contribution >= 4 is 5.82 Å². The van der Waals surface area contributed by atoms with Gasteiger partial charge in [-0.3, -0.25) is 0 Å². The Labute approximate surface area is 127 Å². The molecule has 2 atom stereocenters. The summed E-state index contributed by atoms with van der Waals surface area (Å²) in [6.45, 7) is 10.8. The molecule has 2 heterocycles. The number of nitrogens with zero attached hydrogens (tertiary/aromatic N) is 2. The highest BCUT2D eigenvalue weighted by Gasteiger charge is 2.25. The zero-order valence-electron chi connectivity index (χ0n) is 13.5. The Hall–Kier alpha value is -1.17. The smallest absolute Gasteiger partial charge is 0.128 e. The number of aliphatic hydroxyl groups excluding tert-OH is 1. The second kappa shape index (κ2) is 6.73. The fraction of sp³-hybridized carbons (Fsp3) is 0.688. The molecule has 1 saturated heterocycles. The number of morpholine rings is 1. The molecule has 2 unspecified atom stereocenters. The fourth-order valence-corrected chi connectivity index (χ4v) is 2.41. The number of nitrogens with one attached hydrogen (secondary N) is 1. The van der Waals surface area contributed by atoms with Gasteiger partial charge in [-0.05, 0) is 39.3 Å². The lowest BCUT2D eigenvalue weighted by atomic mass is 10.1. The van der Waals surface area contributed by atoms with Crippen molar-refractivity contribution in [3.8, 4) is 0 Å². The molecular formula is C16H27N3O2. The van der Waals surface area contributed by atoms with Crippen LogP contribution in [0, 0.1) is 0 Å². The lowest BCUT2D eigenvalue weighted by Gasteiger charge is -2.36. The number of ether oxygens (including phenoxy) is 1. The van der Waals surface area contributed by atoms with E-state index in [-0.39, 0.29) is 24.4 Å². The molecule has 5 heteroatoms. The van der Waals surface area contributed by atoms with Gasteiger partial charge in [0.25, 0.3) is 0 Å². The first kappa shape index (κ1) is 16.2. The van der Waals surface area contributed by atoms with Gasteiger partial charge < -0.3 is 20.1 Å². The van der Waals surface area contributed by atoms with Crippen molar-refractivity contribution in [2.75, 3.05) is 24.6 Å². The summed E-state index contributed by atoms with van der Waals surface area (Å²) in [6, 6.07) is 4.15. The molecule has 2 rings (SSSR count). The Bertz CT molecular complexity index is 442. The van der Waals surface area contributed by atoms with Crippen molar-refractivity contribution in [2.24, 2.45) is 0 Å². The van der Waals surface area contributed by atoms with Gasteiger partial charge in [-0.2, -0.15) is 0 Å². The SMILES string of the molecule is CC1CN(c2ccc(CNC(C)(C)C)cn2)CC(CO)O1. The van der Waals surface area contributed by atoms with E-state index >= 15 is 0 Å². The zero-order chi connectivity index (χ0) is 15.5. The molecule has 1 aromatic heterocycles. The Morgan fingerprint density at radius 3 is 2.71 bits per heavy atom. The fourth-order valence-electron chi connectivity index (χ4n) is 2.41. The molecule has 0 aliphatic carbocycles. The number of hydrogen-bond donors (Lipinski definition) is 2. The number of anilines is 1. The molecule has 21 heavy (non-hydrogen) atoms. The number of aliphatic hydroxyl groups is 1. The van der Waals surface area contributed by atoms with E-state index in [4.69, 9.17) is 4.74 Å². The van der Waals surface area contributed by atoms with Gasteiger partial charge in [0, 0.05) is 31.4 Å². The first-order valence-corrected chi connectivity index (χ1v) is 7.58. The molecule has 1 aliphatic rings. The van der Waals surface area contributed by atoms with E-state index in [0.717, 1.165) is 18.9 Å². The summed E-state index contributed by atoms with van der Waals surface area (Å²) < 4.78 is 5.66. The summed E-state index contributed by atoms with van der Waals surface area (Å²) in [5, 5.41) is 12.7. The van der Waals surface area contributed by atoms with Crippen LogP contribution in [0.2, 0.25) is 0 Å². The second-order valence-electron chi connectivity index (χ2n) is 6.78. The van der Waals surface area contributed by atoms with E-state index < -0.39 is 0 Å². The van der Waals surface area contributed by atoms with Crippen LogP contribution in [-0.2, 0) is 11.3 Å². The molecule has 1 aliphatic heterocycles. The van der Waals surface area contributed by atoms with Crippen molar-refractivity contribution in [3.05, 3.63) is 23.9 Å². The molecule has 5 nitrogen and oxygen atoms in total. The standard InChI is InChI=1S/C16H27N3O2/c1-12-9-19(10-14(11-20)21-12)15-6-5-13(7-17-15)8-18-16(2,3)4/h5-7,12,14,18,20H,8-11H2,1-4H3. The van der Waals surface area contributed by atoms with Gasteiger partial charge in [-0.1, -0.05) is 6.07 Å². The van der Waals surface area contributed by atoms with Crippen LogP contribution in [0.25, 0.3) is 0 Å². The minimum absolute atomic E-state index is 0.0500. The van der Waals surface area contributed by atoms with Crippen LogP contribution >= 0.6 is 0 Å². The lowest BCUT2D eigenvalue weighted by Crippen LogP contribution is -2.48. The number of rotatable bonds is 4. The zero-order valence-corrected chi connectivity index (χ0v) is 13.5. The Morgan fingerprint density at radius 1 is 1.38 bits per heavy atom. The summed E-state index contributed by atoms with van der Waals surface area (Å²) >= 11 is 0. The largest absolute Gasteiger partial charge is 0.394 e. The Kier molecular flexibility index (Phi) is 5.19. The minimum Gasteiger partial charge on any atom is -0.394 e. The molecule has 118 valence electrons. The van der Waals surface area contributed by atoms with Crippen LogP contribution in [0.4, 0.5) is 5.82 Å². The number of pyridine rings is 1. The summed E-state index contributed by atoms with van der Waals surface area (Å²) in [5.74, 6) is 0.947. The average molecular weight is 293 g/mol. The molecule has 2 N–H and O–H groups in total. The predicted octanol–water partition coefficient (Wildman–Crippen LogP) is 1.56. The number of aromatic nitrogens is 1. The highest BCUT2D eigenvalue weighted by molar-refractivity contribution is 5.40. The van der Waals surface area contributed by atoms with E-state index in [0.29, 0.717) is 6.54 Å². The lowest BCUT2D eigenvalue weighted by molar-refractivity contribution is -0.0423. The van der Waals surface area contributed by atoms with Crippen LogP contribution in [0.15, 0.2) is 18.3 Å². The quantitative estimate of drug-likeness (QED) is 0.882. The van der Waals surface area contributed by atoms with E-state index in [9.17, 15) is 5.11 Å². The third-order valence-corrected chi connectivity index (χ3v) is 3.49. The third-order valence-electron chi connectivity index (χ3n) is 3.49. The monoisotopic (exact) mass is 293 g/mol. The minimum atomic E-state index is -0.127. The van der Waals surface area contributed by atoms with Gasteiger partial charge in [-0.15, -0.1) is 0 Å². The van der Waals surface area contributed by atoms with E-state index in [1.54, 1.807) is 0 Å². The average Bonchev–Trinajstić information content (AvgIpc) is 2.44. The summed E-state index contributed by atoms with van der Waals surface area (Å²) in [4.78, 5) is 6.73. The highest BCUT2D eigenvalue weighted by Crippen LogP contribution is 2.18. The van der Waals surface area contributed by atoms with E-state index in [1.165, 1.54) is 5.56 Å². The van der Waals surface area contributed by atoms with Gasteiger partial charge >= 0.3 is 0 Å². The normalized spacial score (nSPS) is 23.4. The van der Waals surface area contributed by atoms with E-state index in [2.05, 4.69) is 42.0 Å². The molecular weight excluding hydrogens is 266 g/mol. The van der Waals surface area contributed by atoms with E-state index in [1.807, 2.05) is 19.2 Å². The van der Waals surface area contributed by atoms with Crippen molar-refractivity contribution in [3.63, 3.8) is 0 Å². The molecule has 0 aromatic carbocycles. The van der Waals surface area contributed by atoms with Gasteiger partial charge in [-0.25, -0.2) is 4.98 Å². The third kappa shape index (κ3) is 4.95. The van der Waals surface area contributed by atoms with Crippen molar-refractivity contribution in [1.29, 1.82) is 0 Å². The molecule has 0 amide bonds. The second-order valence-corrected chi connectivity index (χ2v) is 6.78. The number of hydrogen-bond acceptors (Lipinski definition) is 5. The van der Waals surface area contributed by atoms with Crippen LogP contribution in [0.1, 0.15) is 33.3 Å². The van der Waals surface area contributed by atoms with Crippen molar-refractivity contribution in [1.82, 2.24) is 10.3 Å². The highest BCUT2D eigenvalue weighted by atomic mass is 16.5. The topological polar surface area (TPSA) is 57.6 Å². The van der Waals surface area contributed by atoms with Crippen molar-refractivity contribution in [2.45, 2.75) is 52.0 Å². The molecule has 1 aromatic rings. The van der Waals surface area contributed by atoms with Gasteiger partial charge in [0.2, 0.25) is 0 Å². The summed E-state index contributed by atoms with van der Waals surface area (Å²) in [5.41, 5.74) is 1.28. The molecule has 0 radical (unpaired) electrons. The van der Waals surface area contributed by atoms with Crippen LogP contribution < -0.4 is 10.2 Å². The first-order valence-electron chi connectivity index (χ1n) is 7.58. The maximum atomic E-state index is 9.28. The van der Waals surface area contributed by atoms with Crippen molar-refractivity contribution < 1.29 is 9.84 Å². The first-order chi connectivity index (χ1) is 9.87. The maximum Gasteiger partial charge on any atom is 0.128 e. The summed E-state index contributed by atoms with van der Waals surface area (Å²) in [7, 11) is 0.